The molecule has 92 valence electrons. The Morgan fingerprint density at radius 3 is 3.17 bits per heavy atom. The number of fused-ring (bicyclic) bond motifs is 1. The summed E-state index contributed by atoms with van der Waals surface area (Å²) in [5.74, 6) is 0.822. The Hall–Kier alpha value is -2.57. The molecule has 0 atom stereocenters. The van der Waals surface area contributed by atoms with Crippen LogP contribution in [-0.4, -0.2) is 26.7 Å². The standard InChI is InChI=1S/C11H12N6O/c12-7-1-2-9-8(5-7)16-11(18-9)13-4-3-10-14-6-15-17-10/h1-2,5-6H,3-4,12H2,(H,13,16)(H,14,15,17). The molecule has 18 heavy (non-hydrogen) atoms. The number of aromatic nitrogens is 4. The van der Waals surface area contributed by atoms with Crippen molar-refractivity contribution in [2.45, 2.75) is 6.42 Å². The molecular formula is C11H12N6O. The Balaban J connectivity index is 1.67. The fourth-order valence-electron chi connectivity index (χ4n) is 1.66. The molecule has 0 aliphatic carbocycles. The van der Waals surface area contributed by atoms with Crippen molar-refractivity contribution in [3.63, 3.8) is 0 Å². The molecule has 0 fully saturated rings. The van der Waals surface area contributed by atoms with E-state index in [1.54, 1.807) is 18.2 Å². The van der Waals surface area contributed by atoms with Crippen LogP contribution in [0.25, 0.3) is 11.1 Å². The van der Waals surface area contributed by atoms with E-state index in [0.717, 1.165) is 17.8 Å². The number of nitrogen functional groups attached to an aromatic ring is 1. The Labute approximate surface area is 102 Å². The van der Waals surface area contributed by atoms with Gasteiger partial charge in [0, 0.05) is 18.7 Å². The number of nitrogens with zero attached hydrogens (tertiary/aromatic N) is 3. The maximum absolute atomic E-state index is 5.68. The van der Waals surface area contributed by atoms with E-state index in [1.165, 1.54) is 6.33 Å². The molecule has 3 aromatic rings. The molecule has 0 aliphatic rings. The minimum atomic E-state index is 0.482. The Morgan fingerprint density at radius 1 is 1.39 bits per heavy atom. The third-order valence-corrected chi connectivity index (χ3v) is 2.51. The van der Waals surface area contributed by atoms with Crippen LogP contribution in [0.15, 0.2) is 28.9 Å². The van der Waals surface area contributed by atoms with E-state index in [1.807, 2.05) is 0 Å². The van der Waals surface area contributed by atoms with Crippen LogP contribution in [0.1, 0.15) is 5.82 Å². The second-order valence-corrected chi connectivity index (χ2v) is 3.86. The zero-order valence-electron chi connectivity index (χ0n) is 9.55. The monoisotopic (exact) mass is 244 g/mol. The number of aromatic amines is 1. The van der Waals surface area contributed by atoms with E-state index in [9.17, 15) is 0 Å². The summed E-state index contributed by atoms with van der Waals surface area (Å²) in [5.41, 5.74) is 7.81. The van der Waals surface area contributed by atoms with Gasteiger partial charge in [-0.2, -0.15) is 10.1 Å². The van der Waals surface area contributed by atoms with Gasteiger partial charge in [0.2, 0.25) is 0 Å². The van der Waals surface area contributed by atoms with E-state index in [-0.39, 0.29) is 0 Å². The quantitative estimate of drug-likeness (QED) is 0.595. The van der Waals surface area contributed by atoms with Crippen molar-refractivity contribution >= 4 is 22.8 Å². The first kappa shape index (κ1) is 10.6. The predicted molar refractivity (Wildman–Crippen MR) is 67.0 cm³/mol. The highest BCUT2D eigenvalue weighted by atomic mass is 16.4. The van der Waals surface area contributed by atoms with Gasteiger partial charge in [0.15, 0.2) is 5.58 Å². The summed E-state index contributed by atoms with van der Waals surface area (Å²) in [6, 6.07) is 5.85. The van der Waals surface area contributed by atoms with Gasteiger partial charge in [0.05, 0.1) is 0 Å². The lowest BCUT2D eigenvalue weighted by molar-refractivity contribution is 0.614. The van der Waals surface area contributed by atoms with Gasteiger partial charge in [-0.3, -0.25) is 5.10 Å². The molecule has 0 saturated heterocycles. The number of nitrogens with two attached hydrogens (primary N) is 1. The summed E-state index contributed by atoms with van der Waals surface area (Å²) in [5, 5.41) is 9.65. The van der Waals surface area contributed by atoms with Crippen molar-refractivity contribution in [2.24, 2.45) is 0 Å². The average molecular weight is 244 g/mol. The van der Waals surface area contributed by atoms with Crippen LogP contribution in [0.4, 0.5) is 11.7 Å². The number of benzene rings is 1. The molecule has 0 saturated carbocycles. The molecule has 4 N–H and O–H groups in total. The highest BCUT2D eigenvalue weighted by Gasteiger charge is 2.05. The zero-order valence-corrected chi connectivity index (χ0v) is 9.55. The first-order valence-electron chi connectivity index (χ1n) is 5.55. The van der Waals surface area contributed by atoms with Crippen molar-refractivity contribution in [1.29, 1.82) is 0 Å². The second kappa shape index (κ2) is 4.36. The molecule has 0 aliphatic heterocycles. The molecule has 0 radical (unpaired) electrons. The van der Waals surface area contributed by atoms with Crippen LogP contribution in [0.3, 0.4) is 0 Å². The molecule has 7 nitrogen and oxygen atoms in total. The van der Waals surface area contributed by atoms with Crippen molar-refractivity contribution in [2.75, 3.05) is 17.6 Å². The van der Waals surface area contributed by atoms with Crippen LogP contribution in [0.5, 0.6) is 0 Å². The third-order valence-electron chi connectivity index (χ3n) is 2.51. The highest BCUT2D eigenvalue weighted by molar-refractivity contribution is 5.78. The molecule has 2 aromatic heterocycles. The van der Waals surface area contributed by atoms with E-state index in [4.69, 9.17) is 10.2 Å². The van der Waals surface area contributed by atoms with Gasteiger partial charge in [0.1, 0.15) is 17.7 Å². The van der Waals surface area contributed by atoms with E-state index >= 15 is 0 Å². The van der Waals surface area contributed by atoms with E-state index < -0.39 is 0 Å². The first-order chi connectivity index (χ1) is 8.81. The number of hydrogen-bond acceptors (Lipinski definition) is 6. The van der Waals surface area contributed by atoms with Crippen molar-refractivity contribution < 1.29 is 4.42 Å². The van der Waals surface area contributed by atoms with Gasteiger partial charge in [-0.15, -0.1) is 0 Å². The summed E-state index contributed by atoms with van der Waals surface area (Å²) in [6.45, 7) is 0.664. The summed E-state index contributed by atoms with van der Waals surface area (Å²) in [7, 11) is 0. The number of H-pyrrole nitrogens is 1. The summed E-state index contributed by atoms with van der Waals surface area (Å²) in [4.78, 5) is 8.32. The van der Waals surface area contributed by atoms with Gasteiger partial charge in [-0.05, 0) is 18.2 Å². The van der Waals surface area contributed by atoms with Gasteiger partial charge in [0.25, 0.3) is 6.01 Å². The minimum absolute atomic E-state index is 0.482. The van der Waals surface area contributed by atoms with Crippen LogP contribution < -0.4 is 11.1 Å². The molecule has 2 heterocycles. The Morgan fingerprint density at radius 2 is 2.33 bits per heavy atom. The maximum Gasteiger partial charge on any atom is 0.295 e. The minimum Gasteiger partial charge on any atom is -0.424 e. The molecular weight excluding hydrogens is 232 g/mol. The van der Waals surface area contributed by atoms with Crippen molar-refractivity contribution in [3.05, 3.63) is 30.4 Å². The number of rotatable bonds is 4. The normalized spacial score (nSPS) is 10.9. The first-order valence-corrected chi connectivity index (χ1v) is 5.55. The lowest BCUT2D eigenvalue weighted by atomic mass is 10.3. The molecule has 7 heteroatoms. The van der Waals surface area contributed by atoms with Crippen LogP contribution >= 0.6 is 0 Å². The number of oxazole rings is 1. The van der Waals surface area contributed by atoms with Crippen LogP contribution in [0, 0.1) is 0 Å². The molecule has 1 aromatic carbocycles. The topological polar surface area (TPSA) is 106 Å². The highest BCUT2D eigenvalue weighted by Crippen LogP contribution is 2.20. The Bertz CT molecular complexity index is 645. The average Bonchev–Trinajstić information content (AvgIpc) is 2.97. The summed E-state index contributed by atoms with van der Waals surface area (Å²) >= 11 is 0. The predicted octanol–water partition coefficient (Wildman–Crippen LogP) is 1.18. The summed E-state index contributed by atoms with van der Waals surface area (Å²) < 4.78 is 5.52. The van der Waals surface area contributed by atoms with Crippen LogP contribution in [-0.2, 0) is 6.42 Å². The van der Waals surface area contributed by atoms with Crippen molar-refractivity contribution in [3.8, 4) is 0 Å². The number of anilines is 2. The van der Waals surface area contributed by atoms with Crippen molar-refractivity contribution in [1.82, 2.24) is 20.2 Å². The second-order valence-electron chi connectivity index (χ2n) is 3.86. The van der Waals surface area contributed by atoms with E-state index in [2.05, 4.69) is 25.5 Å². The smallest absolute Gasteiger partial charge is 0.295 e. The fraction of sp³-hybridized carbons (Fsp3) is 0.182. The maximum atomic E-state index is 5.68. The Kier molecular flexibility index (Phi) is 2.56. The number of nitrogens with one attached hydrogen (secondary N) is 2. The molecule has 3 rings (SSSR count). The van der Waals surface area contributed by atoms with Gasteiger partial charge in [-0.1, -0.05) is 0 Å². The van der Waals surface area contributed by atoms with Crippen LogP contribution in [0.2, 0.25) is 0 Å². The molecule has 0 bridgehead atoms. The molecule has 0 unspecified atom stereocenters. The summed E-state index contributed by atoms with van der Waals surface area (Å²) in [6.07, 6.45) is 2.21. The fourth-order valence-corrected chi connectivity index (χ4v) is 1.66. The van der Waals surface area contributed by atoms with E-state index in [0.29, 0.717) is 23.8 Å². The SMILES string of the molecule is Nc1ccc2oc(NCCc3ncn[nH]3)nc2c1. The molecule has 0 spiro atoms. The van der Waals surface area contributed by atoms with Gasteiger partial charge >= 0.3 is 0 Å². The molecule has 0 amide bonds. The largest absolute Gasteiger partial charge is 0.424 e. The zero-order chi connectivity index (χ0) is 12.4. The third kappa shape index (κ3) is 2.10. The van der Waals surface area contributed by atoms with Gasteiger partial charge in [-0.25, -0.2) is 4.98 Å². The number of hydrogen-bond donors (Lipinski definition) is 3. The lowest BCUT2D eigenvalue weighted by Crippen LogP contribution is -2.06. The lowest BCUT2D eigenvalue weighted by Gasteiger charge is -1.97. The van der Waals surface area contributed by atoms with Gasteiger partial charge < -0.3 is 15.5 Å².